The van der Waals surface area contributed by atoms with Gasteiger partial charge in [-0.15, -0.1) is 0 Å². The van der Waals surface area contributed by atoms with Crippen LogP contribution in [0.15, 0.2) is 24.5 Å². The monoisotopic (exact) mass is 345 g/mol. The standard InChI is InChI=1S/C16H16N3O4P/c20-15(21)5-13(16(22)23)19-6-9-7-24(8-19)14-4-12-11(3-10(9)14)17-1-2-18-12/h1-4,9,13H,5-8H2,(H,20,21)(H,22,23). The minimum atomic E-state index is -1.08. The van der Waals surface area contributed by atoms with E-state index in [4.69, 9.17) is 5.11 Å². The maximum atomic E-state index is 11.5. The third-order valence-electron chi connectivity index (χ3n) is 4.74. The Morgan fingerprint density at radius 1 is 1.25 bits per heavy atom. The Hall–Kier alpha value is -2.11. The highest BCUT2D eigenvalue weighted by molar-refractivity contribution is 7.66. The molecule has 124 valence electrons. The summed E-state index contributed by atoms with van der Waals surface area (Å²) in [5, 5.41) is 19.7. The van der Waals surface area contributed by atoms with Crippen LogP contribution in [0, 0.1) is 0 Å². The normalized spacial score (nSPS) is 23.8. The minimum absolute atomic E-state index is 0.252. The van der Waals surface area contributed by atoms with Crippen molar-refractivity contribution in [2.75, 3.05) is 19.0 Å². The molecule has 2 aliphatic heterocycles. The number of carbonyl (C=O) groups is 2. The van der Waals surface area contributed by atoms with Crippen molar-refractivity contribution in [1.82, 2.24) is 14.9 Å². The Bertz CT molecular complexity index is 793. The Labute approximate surface area is 139 Å². The fourth-order valence-corrected chi connectivity index (χ4v) is 6.67. The molecule has 2 aromatic rings. The number of nitrogens with zero attached hydrogens (tertiary/aromatic N) is 3. The molecule has 3 unspecified atom stereocenters. The van der Waals surface area contributed by atoms with Crippen LogP contribution in [0.4, 0.5) is 0 Å². The van der Waals surface area contributed by atoms with Gasteiger partial charge >= 0.3 is 11.9 Å². The highest BCUT2D eigenvalue weighted by Gasteiger charge is 2.42. The molecule has 3 heterocycles. The topological polar surface area (TPSA) is 104 Å². The summed E-state index contributed by atoms with van der Waals surface area (Å²) in [6.45, 7) is 0.585. The molecule has 2 N–H and O–H groups in total. The lowest BCUT2D eigenvalue weighted by Crippen LogP contribution is -2.46. The third-order valence-corrected chi connectivity index (χ3v) is 7.40. The van der Waals surface area contributed by atoms with E-state index in [-0.39, 0.29) is 12.3 Å². The van der Waals surface area contributed by atoms with Gasteiger partial charge in [-0.2, -0.15) is 0 Å². The predicted molar refractivity (Wildman–Crippen MR) is 88.9 cm³/mol. The molecule has 7 nitrogen and oxygen atoms in total. The van der Waals surface area contributed by atoms with Crippen LogP contribution in [0.25, 0.3) is 11.0 Å². The van der Waals surface area contributed by atoms with E-state index in [2.05, 4.69) is 22.1 Å². The largest absolute Gasteiger partial charge is 0.481 e. The van der Waals surface area contributed by atoms with Crippen molar-refractivity contribution in [2.45, 2.75) is 18.4 Å². The number of carboxylic acid groups (broad SMARTS) is 2. The molecule has 2 bridgehead atoms. The number of carboxylic acids is 2. The van der Waals surface area contributed by atoms with Crippen molar-refractivity contribution in [3.8, 4) is 0 Å². The summed E-state index contributed by atoms with van der Waals surface area (Å²) in [4.78, 5) is 33.1. The second-order valence-corrected chi connectivity index (χ2v) is 8.45. The van der Waals surface area contributed by atoms with Gasteiger partial charge in [0.15, 0.2) is 0 Å². The van der Waals surface area contributed by atoms with Crippen molar-refractivity contribution >= 4 is 36.2 Å². The fraction of sp³-hybridized carbons (Fsp3) is 0.375. The number of hydrogen-bond donors (Lipinski definition) is 2. The maximum absolute atomic E-state index is 11.5. The van der Waals surface area contributed by atoms with Crippen molar-refractivity contribution in [3.63, 3.8) is 0 Å². The molecule has 4 rings (SSSR count). The molecule has 2 aliphatic rings. The first-order chi connectivity index (χ1) is 11.5. The van der Waals surface area contributed by atoms with E-state index < -0.39 is 25.9 Å². The van der Waals surface area contributed by atoms with Crippen LogP contribution in [-0.4, -0.2) is 62.1 Å². The molecule has 0 spiro atoms. The van der Waals surface area contributed by atoms with Gasteiger partial charge in [-0.05, 0) is 29.2 Å². The highest BCUT2D eigenvalue weighted by atomic mass is 31.1. The van der Waals surface area contributed by atoms with Gasteiger partial charge in [-0.25, -0.2) is 0 Å². The van der Waals surface area contributed by atoms with Gasteiger partial charge in [0.2, 0.25) is 0 Å². The van der Waals surface area contributed by atoms with Gasteiger partial charge in [-0.3, -0.25) is 24.5 Å². The van der Waals surface area contributed by atoms with Gasteiger partial charge in [-0.1, -0.05) is 7.92 Å². The lowest BCUT2D eigenvalue weighted by molar-refractivity contribution is -0.149. The van der Waals surface area contributed by atoms with Crippen molar-refractivity contribution < 1.29 is 19.8 Å². The lowest BCUT2D eigenvalue weighted by Gasteiger charge is -2.35. The first kappa shape index (κ1) is 15.4. The number of benzene rings is 1. The molecule has 1 saturated heterocycles. The molecule has 0 radical (unpaired) electrons. The van der Waals surface area contributed by atoms with E-state index in [1.54, 1.807) is 12.4 Å². The zero-order valence-electron chi connectivity index (χ0n) is 12.8. The molecule has 8 heteroatoms. The molecule has 1 fully saturated rings. The van der Waals surface area contributed by atoms with Crippen LogP contribution in [0.3, 0.4) is 0 Å². The lowest BCUT2D eigenvalue weighted by atomic mass is 9.99. The van der Waals surface area contributed by atoms with Crippen LogP contribution in [-0.2, 0) is 9.59 Å². The molecule has 1 aromatic carbocycles. The number of aromatic nitrogens is 2. The van der Waals surface area contributed by atoms with E-state index in [1.165, 1.54) is 10.9 Å². The van der Waals surface area contributed by atoms with Crippen LogP contribution < -0.4 is 5.30 Å². The quantitative estimate of drug-likeness (QED) is 0.798. The Morgan fingerprint density at radius 2 is 1.96 bits per heavy atom. The Balaban J connectivity index is 1.68. The number of fused-ring (bicyclic) bond motifs is 6. The number of rotatable bonds is 4. The van der Waals surface area contributed by atoms with E-state index in [0.717, 1.165) is 17.2 Å². The molecule has 0 aliphatic carbocycles. The summed E-state index contributed by atoms with van der Waals surface area (Å²) in [5.74, 6) is -1.89. The molecule has 0 saturated carbocycles. The number of hydrogen-bond acceptors (Lipinski definition) is 5. The van der Waals surface area contributed by atoms with Gasteiger partial charge in [0, 0.05) is 31.1 Å². The van der Waals surface area contributed by atoms with Crippen LogP contribution in [0.2, 0.25) is 0 Å². The molecule has 1 aromatic heterocycles. The van der Waals surface area contributed by atoms with E-state index in [9.17, 15) is 14.7 Å². The van der Waals surface area contributed by atoms with E-state index in [0.29, 0.717) is 12.8 Å². The molecule has 0 amide bonds. The van der Waals surface area contributed by atoms with Crippen LogP contribution in [0.1, 0.15) is 17.9 Å². The van der Waals surface area contributed by atoms with Gasteiger partial charge in [0.05, 0.1) is 17.5 Å². The molecular weight excluding hydrogens is 329 g/mol. The maximum Gasteiger partial charge on any atom is 0.321 e. The van der Waals surface area contributed by atoms with Crippen molar-refractivity contribution in [3.05, 3.63) is 30.1 Å². The average molecular weight is 345 g/mol. The van der Waals surface area contributed by atoms with Gasteiger partial charge < -0.3 is 10.2 Å². The molecule has 24 heavy (non-hydrogen) atoms. The molecule has 3 atom stereocenters. The van der Waals surface area contributed by atoms with Crippen molar-refractivity contribution in [1.29, 1.82) is 0 Å². The second-order valence-electron chi connectivity index (χ2n) is 6.24. The summed E-state index contributed by atoms with van der Waals surface area (Å²) < 4.78 is 0. The minimum Gasteiger partial charge on any atom is -0.481 e. The first-order valence-corrected chi connectivity index (χ1v) is 9.42. The third kappa shape index (κ3) is 2.54. The van der Waals surface area contributed by atoms with E-state index in [1.807, 2.05) is 4.90 Å². The Morgan fingerprint density at radius 3 is 2.62 bits per heavy atom. The predicted octanol–water partition coefficient (Wildman–Crippen LogP) is 1.04. The number of aliphatic carboxylic acids is 2. The summed E-state index contributed by atoms with van der Waals surface area (Å²) in [7, 11) is -0.504. The highest BCUT2D eigenvalue weighted by Crippen LogP contribution is 2.52. The second kappa shape index (κ2) is 5.76. The summed E-state index contributed by atoms with van der Waals surface area (Å²) in [6, 6.07) is 3.19. The summed E-state index contributed by atoms with van der Waals surface area (Å²) in [6.07, 6.45) is 4.64. The summed E-state index contributed by atoms with van der Waals surface area (Å²) in [5.41, 5.74) is 2.95. The van der Waals surface area contributed by atoms with Crippen LogP contribution in [0.5, 0.6) is 0 Å². The molecular formula is C16H16N3O4P. The zero-order chi connectivity index (χ0) is 16.8. The first-order valence-electron chi connectivity index (χ1n) is 7.71. The van der Waals surface area contributed by atoms with E-state index >= 15 is 0 Å². The van der Waals surface area contributed by atoms with Crippen LogP contribution >= 0.6 is 7.92 Å². The fourth-order valence-electron chi connectivity index (χ4n) is 3.69. The SMILES string of the molecule is O=C(O)CC(C(=O)O)N1CC2CP(C1)c1cc3nccnc3cc12. The van der Waals surface area contributed by atoms with Gasteiger partial charge in [0.25, 0.3) is 0 Å². The zero-order valence-corrected chi connectivity index (χ0v) is 13.7. The Kier molecular flexibility index (Phi) is 3.70. The smallest absolute Gasteiger partial charge is 0.321 e. The van der Waals surface area contributed by atoms with Crippen molar-refractivity contribution in [2.24, 2.45) is 0 Å². The summed E-state index contributed by atoms with van der Waals surface area (Å²) >= 11 is 0. The van der Waals surface area contributed by atoms with Gasteiger partial charge in [0.1, 0.15) is 6.04 Å². The average Bonchev–Trinajstić information content (AvgIpc) is 2.80.